The summed E-state index contributed by atoms with van der Waals surface area (Å²) < 4.78 is 23.5. The number of sulfone groups is 1. The van der Waals surface area contributed by atoms with Gasteiger partial charge in [-0.2, -0.15) is 0 Å². The van der Waals surface area contributed by atoms with E-state index in [1.54, 1.807) is 6.07 Å². The molecular weight excluding hydrogens is 352 g/mol. The highest BCUT2D eigenvalue weighted by molar-refractivity contribution is 7.90. The number of nitro benzene ring substituents is 1. The molecule has 0 radical (unpaired) electrons. The fourth-order valence-corrected chi connectivity index (χ4v) is 3.66. The van der Waals surface area contributed by atoms with Crippen LogP contribution in [0.1, 0.15) is 29.5 Å². The molecular formula is C19H22N2O4S. The average Bonchev–Trinajstić information content (AvgIpc) is 3.39. The van der Waals surface area contributed by atoms with Gasteiger partial charge in [0.2, 0.25) is 0 Å². The van der Waals surface area contributed by atoms with Crippen LogP contribution in [-0.2, 0) is 16.4 Å². The maximum absolute atomic E-state index is 11.8. The van der Waals surface area contributed by atoms with E-state index in [0.717, 1.165) is 24.7 Å². The second-order valence-corrected chi connectivity index (χ2v) is 8.97. The lowest BCUT2D eigenvalue weighted by molar-refractivity contribution is -0.384. The summed E-state index contributed by atoms with van der Waals surface area (Å²) in [5.74, 6) is 0. The second kappa shape index (κ2) is 6.72. The van der Waals surface area contributed by atoms with E-state index >= 15 is 0 Å². The minimum atomic E-state index is -3.50. The number of nitrogens with zero attached hydrogens (tertiary/aromatic N) is 2. The van der Waals surface area contributed by atoms with Crippen LogP contribution >= 0.6 is 0 Å². The molecule has 1 fully saturated rings. The van der Waals surface area contributed by atoms with Crippen LogP contribution in [0.3, 0.4) is 0 Å². The molecule has 0 atom stereocenters. The zero-order valence-corrected chi connectivity index (χ0v) is 15.9. The minimum Gasteiger partial charge on any atom is -0.359 e. The molecule has 7 heteroatoms. The lowest BCUT2D eigenvalue weighted by Gasteiger charge is -2.25. The summed E-state index contributed by atoms with van der Waals surface area (Å²) >= 11 is 0. The van der Waals surface area contributed by atoms with Crippen molar-refractivity contribution in [3.8, 4) is 0 Å². The standard InChI is InChI=1S/C19H22N2O4S/c1-13-4-5-15(10-14(13)2)12-20(16-6-7-16)18-9-8-17(26(3,24)25)11-19(18)21(22)23/h4-5,8-11,16H,6-7,12H2,1-3H3. The van der Waals surface area contributed by atoms with Gasteiger partial charge in [-0.05, 0) is 55.5 Å². The molecule has 2 aromatic carbocycles. The van der Waals surface area contributed by atoms with Crippen molar-refractivity contribution in [2.45, 2.75) is 44.2 Å². The van der Waals surface area contributed by atoms with Crippen molar-refractivity contribution in [1.82, 2.24) is 0 Å². The Hall–Kier alpha value is -2.41. The molecule has 26 heavy (non-hydrogen) atoms. The Morgan fingerprint density at radius 3 is 2.35 bits per heavy atom. The van der Waals surface area contributed by atoms with Gasteiger partial charge in [0.05, 0.1) is 9.82 Å². The molecule has 0 saturated heterocycles. The van der Waals surface area contributed by atoms with Gasteiger partial charge in [-0.25, -0.2) is 8.42 Å². The van der Waals surface area contributed by atoms with Gasteiger partial charge in [0.1, 0.15) is 5.69 Å². The van der Waals surface area contributed by atoms with Crippen LogP contribution in [0.25, 0.3) is 0 Å². The third-order valence-corrected chi connectivity index (χ3v) is 5.90. The first kappa shape index (κ1) is 18.4. The van der Waals surface area contributed by atoms with E-state index in [1.165, 1.54) is 23.3 Å². The van der Waals surface area contributed by atoms with E-state index in [1.807, 2.05) is 24.8 Å². The van der Waals surface area contributed by atoms with Crippen LogP contribution in [0.5, 0.6) is 0 Å². The molecule has 0 amide bonds. The first-order valence-corrected chi connectivity index (χ1v) is 10.4. The number of hydrogen-bond acceptors (Lipinski definition) is 5. The van der Waals surface area contributed by atoms with Crippen molar-refractivity contribution >= 4 is 21.2 Å². The highest BCUT2D eigenvalue weighted by Crippen LogP contribution is 2.39. The van der Waals surface area contributed by atoms with Crippen LogP contribution in [-0.4, -0.2) is 25.6 Å². The van der Waals surface area contributed by atoms with Gasteiger partial charge in [0, 0.05) is 24.9 Å². The highest BCUT2D eigenvalue weighted by Gasteiger charge is 2.33. The molecule has 0 unspecified atom stereocenters. The van der Waals surface area contributed by atoms with Gasteiger partial charge in [0.25, 0.3) is 5.69 Å². The zero-order chi connectivity index (χ0) is 19.1. The predicted octanol–water partition coefficient (Wildman–Crippen LogP) is 3.78. The maximum Gasteiger partial charge on any atom is 0.293 e. The number of rotatable bonds is 6. The fraction of sp³-hybridized carbons (Fsp3) is 0.368. The number of aryl methyl sites for hydroxylation is 2. The lowest BCUT2D eigenvalue weighted by Crippen LogP contribution is -2.26. The molecule has 2 aromatic rings. The van der Waals surface area contributed by atoms with Gasteiger partial charge >= 0.3 is 0 Å². The maximum atomic E-state index is 11.8. The molecule has 1 aliphatic carbocycles. The summed E-state index contributed by atoms with van der Waals surface area (Å²) in [7, 11) is -3.50. The van der Waals surface area contributed by atoms with E-state index in [0.29, 0.717) is 12.2 Å². The summed E-state index contributed by atoms with van der Waals surface area (Å²) in [6, 6.07) is 10.6. The Morgan fingerprint density at radius 2 is 1.81 bits per heavy atom. The fourth-order valence-electron chi connectivity index (χ4n) is 3.02. The molecule has 0 bridgehead atoms. The molecule has 0 heterocycles. The first-order valence-electron chi connectivity index (χ1n) is 8.48. The van der Waals surface area contributed by atoms with Gasteiger partial charge in [-0.1, -0.05) is 18.2 Å². The smallest absolute Gasteiger partial charge is 0.293 e. The van der Waals surface area contributed by atoms with Crippen molar-refractivity contribution in [3.05, 3.63) is 63.2 Å². The van der Waals surface area contributed by atoms with E-state index in [4.69, 9.17) is 0 Å². The van der Waals surface area contributed by atoms with Gasteiger partial charge < -0.3 is 4.90 Å². The predicted molar refractivity (Wildman–Crippen MR) is 101 cm³/mol. The molecule has 0 aromatic heterocycles. The Kier molecular flexibility index (Phi) is 4.75. The Labute approximate surface area is 153 Å². The van der Waals surface area contributed by atoms with E-state index in [2.05, 4.69) is 12.1 Å². The third kappa shape index (κ3) is 3.88. The van der Waals surface area contributed by atoms with E-state index in [9.17, 15) is 18.5 Å². The molecule has 1 saturated carbocycles. The summed E-state index contributed by atoms with van der Waals surface area (Å²) in [5, 5.41) is 11.6. The molecule has 0 N–H and O–H groups in total. The van der Waals surface area contributed by atoms with Gasteiger partial charge in [-0.3, -0.25) is 10.1 Å². The van der Waals surface area contributed by atoms with Crippen LogP contribution < -0.4 is 4.90 Å². The van der Waals surface area contributed by atoms with Crippen LogP contribution in [0.15, 0.2) is 41.3 Å². The topological polar surface area (TPSA) is 80.5 Å². The molecule has 3 rings (SSSR count). The second-order valence-electron chi connectivity index (χ2n) is 6.96. The van der Waals surface area contributed by atoms with Crippen molar-refractivity contribution < 1.29 is 13.3 Å². The number of hydrogen-bond donors (Lipinski definition) is 0. The largest absolute Gasteiger partial charge is 0.359 e. The van der Waals surface area contributed by atoms with Crippen molar-refractivity contribution in [2.75, 3.05) is 11.2 Å². The van der Waals surface area contributed by atoms with Crippen LogP contribution in [0.4, 0.5) is 11.4 Å². The lowest BCUT2D eigenvalue weighted by atomic mass is 10.1. The highest BCUT2D eigenvalue weighted by atomic mass is 32.2. The van der Waals surface area contributed by atoms with Crippen LogP contribution in [0, 0.1) is 24.0 Å². The third-order valence-electron chi connectivity index (χ3n) is 4.79. The SMILES string of the molecule is Cc1ccc(CN(c2ccc(S(C)(=O)=O)cc2[N+](=O)[O-])C2CC2)cc1C. The molecule has 0 spiro atoms. The molecule has 0 aliphatic heterocycles. The van der Waals surface area contributed by atoms with Gasteiger partial charge in [-0.15, -0.1) is 0 Å². The van der Waals surface area contributed by atoms with Crippen molar-refractivity contribution in [3.63, 3.8) is 0 Å². The number of benzene rings is 2. The van der Waals surface area contributed by atoms with E-state index < -0.39 is 14.8 Å². The van der Waals surface area contributed by atoms with Crippen molar-refractivity contribution in [2.24, 2.45) is 0 Å². The first-order chi connectivity index (χ1) is 12.2. The molecule has 138 valence electrons. The zero-order valence-electron chi connectivity index (χ0n) is 15.1. The Bertz CT molecular complexity index is 965. The van der Waals surface area contributed by atoms with Crippen LogP contribution in [0.2, 0.25) is 0 Å². The van der Waals surface area contributed by atoms with Crippen molar-refractivity contribution in [1.29, 1.82) is 0 Å². The average molecular weight is 374 g/mol. The summed E-state index contributed by atoms with van der Waals surface area (Å²) in [6.07, 6.45) is 3.02. The molecule has 1 aliphatic rings. The van der Waals surface area contributed by atoms with E-state index in [-0.39, 0.29) is 16.6 Å². The quantitative estimate of drug-likeness (QED) is 0.568. The summed E-state index contributed by atoms with van der Waals surface area (Å²) in [4.78, 5) is 13.1. The Balaban J connectivity index is 2.02. The minimum absolute atomic E-state index is 0.0325. The normalized spacial score (nSPS) is 14.3. The van der Waals surface area contributed by atoms with Gasteiger partial charge in [0.15, 0.2) is 9.84 Å². The number of anilines is 1. The summed E-state index contributed by atoms with van der Waals surface area (Å²) in [6.45, 7) is 4.65. The Morgan fingerprint density at radius 1 is 1.12 bits per heavy atom. The summed E-state index contributed by atoms with van der Waals surface area (Å²) in [5.41, 5.74) is 3.78. The molecule has 6 nitrogen and oxygen atoms in total. The monoisotopic (exact) mass is 374 g/mol. The number of nitro groups is 1.